The van der Waals surface area contributed by atoms with Gasteiger partial charge in [-0.1, -0.05) is 28.9 Å². The number of halogens is 1. The highest BCUT2D eigenvalue weighted by Crippen LogP contribution is 2.31. The highest BCUT2D eigenvalue weighted by molar-refractivity contribution is 6.31. The molecule has 3 aromatic rings. The van der Waals surface area contributed by atoms with Crippen LogP contribution in [-0.4, -0.2) is 18.2 Å². The number of hydrogen-bond acceptors (Lipinski definition) is 5. The third-order valence-electron chi connectivity index (χ3n) is 4.61. The fraction of sp³-hybridized carbons (Fsp3) is 0.273. The van der Waals surface area contributed by atoms with Crippen LogP contribution in [0.2, 0.25) is 5.02 Å². The summed E-state index contributed by atoms with van der Waals surface area (Å²) in [5, 5.41) is 7.38. The molecular formula is C22H23ClN2O4. The van der Waals surface area contributed by atoms with Crippen LogP contribution in [-0.2, 0) is 17.8 Å². The summed E-state index contributed by atoms with van der Waals surface area (Å²) in [5.74, 6) is 1.85. The second-order valence-electron chi connectivity index (χ2n) is 6.76. The number of nitrogens with one attached hydrogen (secondary N) is 1. The monoisotopic (exact) mass is 414 g/mol. The summed E-state index contributed by atoms with van der Waals surface area (Å²) < 4.78 is 16.2. The van der Waals surface area contributed by atoms with Gasteiger partial charge in [0.05, 0.1) is 30.5 Å². The van der Waals surface area contributed by atoms with Crippen molar-refractivity contribution >= 4 is 23.2 Å². The quantitative estimate of drug-likeness (QED) is 0.587. The van der Waals surface area contributed by atoms with Crippen LogP contribution in [0, 0.1) is 20.8 Å². The minimum atomic E-state index is -0.144. The lowest BCUT2D eigenvalue weighted by Gasteiger charge is -2.12. The fourth-order valence-electron chi connectivity index (χ4n) is 2.88. The molecule has 7 heteroatoms. The molecule has 2 aromatic carbocycles. The Kier molecular flexibility index (Phi) is 6.44. The van der Waals surface area contributed by atoms with E-state index in [1.807, 2.05) is 45.0 Å². The van der Waals surface area contributed by atoms with E-state index in [0.29, 0.717) is 28.8 Å². The summed E-state index contributed by atoms with van der Waals surface area (Å²) in [6.07, 6.45) is 0.231. The van der Waals surface area contributed by atoms with Crippen molar-refractivity contribution < 1.29 is 18.8 Å². The second kappa shape index (κ2) is 9.01. The van der Waals surface area contributed by atoms with Crippen molar-refractivity contribution in [1.29, 1.82) is 0 Å². The minimum absolute atomic E-state index is 0.144. The third kappa shape index (κ3) is 5.09. The van der Waals surface area contributed by atoms with Gasteiger partial charge in [-0.05, 0) is 50.1 Å². The van der Waals surface area contributed by atoms with Gasteiger partial charge in [0.2, 0.25) is 5.91 Å². The predicted molar refractivity (Wildman–Crippen MR) is 112 cm³/mol. The first kappa shape index (κ1) is 20.7. The molecule has 0 spiro atoms. The zero-order valence-corrected chi connectivity index (χ0v) is 17.6. The lowest BCUT2D eigenvalue weighted by molar-refractivity contribution is -0.115. The number of methoxy groups -OCH3 is 1. The second-order valence-corrected chi connectivity index (χ2v) is 7.17. The molecule has 0 saturated heterocycles. The summed E-state index contributed by atoms with van der Waals surface area (Å²) in [4.78, 5) is 12.4. The Morgan fingerprint density at radius 2 is 1.90 bits per heavy atom. The molecule has 3 rings (SSSR count). The number of benzene rings is 2. The van der Waals surface area contributed by atoms with E-state index in [-0.39, 0.29) is 12.3 Å². The van der Waals surface area contributed by atoms with Gasteiger partial charge < -0.3 is 19.3 Å². The SMILES string of the molecule is COc1cc(Cl)c(C)cc1NC(=O)Cc1ccc(OCc2c(C)noc2C)cc1. The summed E-state index contributed by atoms with van der Waals surface area (Å²) in [6, 6.07) is 10.9. The molecular weight excluding hydrogens is 392 g/mol. The summed E-state index contributed by atoms with van der Waals surface area (Å²) in [6.45, 7) is 6.00. The lowest BCUT2D eigenvalue weighted by Crippen LogP contribution is -2.15. The van der Waals surface area contributed by atoms with Crippen molar-refractivity contribution in [1.82, 2.24) is 5.16 Å². The number of aryl methyl sites for hydroxylation is 3. The van der Waals surface area contributed by atoms with Crippen LogP contribution >= 0.6 is 11.6 Å². The van der Waals surface area contributed by atoms with Gasteiger partial charge in [0, 0.05) is 11.1 Å². The first-order chi connectivity index (χ1) is 13.9. The van der Waals surface area contributed by atoms with Crippen molar-refractivity contribution in [2.45, 2.75) is 33.8 Å². The Labute approximate surface area is 174 Å². The van der Waals surface area contributed by atoms with Crippen molar-refractivity contribution in [3.8, 4) is 11.5 Å². The van der Waals surface area contributed by atoms with Crippen LogP contribution in [0.1, 0.15) is 28.1 Å². The maximum absolute atomic E-state index is 12.4. The molecule has 152 valence electrons. The standard InChI is InChI=1S/C22H23ClN2O4/c1-13-9-20(21(27-4)11-19(13)23)24-22(26)10-16-5-7-17(8-6-16)28-12-18-14(2)25-29-15(18)3/h5-9,11H,10,12H2,1-4H3,(H,24,26). The molecule has 0 fully saturated rings. The fourth-order valence-corrected chi connectivity index (χ4v) is 3.03. The number of hydrogen-bond donors (Lipinski definition) is 1. The molecule has 1 aromatic heterocycles. The number of nitrogens with zero attached hydrogens (tertiary/aromatic N) is 1. The number of amides is 1. The Morgan fingerprint density at radius 3 is 2.52 bits per heavy atom. The molecule has 0 aliphatic carbocycles. The van der Waals surface area contributed by atoms with E-state index in [4.69, 9.17) is 25.6 Å². The zero-order chi connectivity index (χ0) is 21.0. The van der Waals surface area contributed by atoms with E-state index in [1.54, 1.807) is 12.1 Å². The van der Waals surface area contributed by atoms with Crippen molar-refractivity contribution in [3.63, 3.8) is 0 Å². The topological polar surface area (TPSA) is 73.6 Å². The molecule has 1 amide bonds. The number of rotatable bonds is 7. The van der Waals surface area contributed by atoms with E-state index in [0.717, 1.165) is 28.1 Å². The average molecular weight is 415 g/mol. The van der Waals surface area contributed by atoms with E-state index in [2.05, 4.69) is 10.5 Å². The van der Waals surface area contributed by atoms with Gasteiger partial charge in [0.25, 0.3) is 0 Å². The molecule has 6 nitrogen and oxygen atoms in total. The van der Waals surface area contributed by atoms with Crippen molar-refractivity contribution in [2.24, 2.45) is 0 Å². The van der Waals surface area contributed by atoms with Crippen LogP contribution in [0.4, 0.5) is 5.69 Å². The number of aromatic nitrogens is 1. The Hall–Kier alpha value is -2.99. The zero-order valence-electron chi connectivity index (χ0n) is 16.8. The van der Waals surface area contributed by atoms with E-state index in [9.17, 15) is 4.79 Å². The van der Waals surface area contributed by atoms with Crippen LogP contribution in [0.5, 0.6) is 11.5 Å². The molecule has 29 heavy (non-hydrogen) atoms. The first-order valence-corrected chi connectivity index (χ1v) is 9.52. The first-order valence-electron chi connectivity index (χ1n) is 9.15. The number of anilines is 1. The summed E-state index contributed by atoms with van der Waals surface area (Å²) >= 11 is 6.11. The summed E-state index contributed by atoms with van der Waals surface area (Å²) in [7, 11) is 1.54. The normalized spacial score (nSPS) is 10.7. The maximum atomic E-state index is 12.4. The Balaban J connectivity index is 1.60. The van der Waals surface area contributed by atoms with Crippen LogP contribution in [0.15, 0.2) is 40.9 Å². The van der Waals surface area contributed by atoms with Crippen molar-refractivity contribution in [3.05, 3.63) is 69.6 Å². The maximum Gasteiger partial charge on any atom is 0.228 e. The predicted octanol–water partition coefficient (Wildman–Crippen LogP) is 5.02. The van der Waals surface area contributed by atoms with Crippen LogP contribution < -0.4 is 14.8 Å². The molecule has 0 aliphatic rings. The highest BCUT2D eigenvalue weighted by atomic mass is 35.5. The molecule has 1 heterocycles. The van der Waals surface area contributed by atoms with E-state index >= 15 is 0 Å². The van der Waals surface area contributed by atoms with Gasteiger partial charge >= 0.3 is 0 Å². The molecule has 0 atom stereocenters. The average Bonchev–Trinajstić information content (AvgIpc) is 3.01. The van der Waals surface area contributed by atoms with Crippen molar-refractivity contribution in [2.75, 3.05) is 12.4 Å². The number of carbonyl (C=O) groups is 1. The molecule has 0 radical (unpaired) electrons. The van der Waals surface area contributed by atoms with E-state index < -0.39 is 0 Å². The smallest absolute Gasteiger partial charge is 0.228 e. The molecule has 1 N–H and O–H groups in total. The van der Waals surface area contributed by atoms with Gasteiger partial charge in [0.1, 0.15) is 23.9 Å². The largest absolute Gasteiger partial charge is 0.495 e. The Bertz CT molecular complexity index is 993. The molecule has 0 aliphatic heterocycles. The highest BCUT2D eigenvalue weighted by Gasteiger charge is 2.12. The third-order valence-corrected chi connectivity index (χ3v) is 5.01. The minimum Gasteiger partial charge on any atom is -0.495 e. The van der Waals surface area contributed by atoms with E-state index in [1.165, 1.54) is 7.11 Å². The molecule has 0 saturated carbocycles. The molecule has 0 unspecified atom stereocenters. The lowest BCUT2D eigenvalue weighted by atomic mass is 10.1. The van der Waals surface area contributed by atoms with Gasteiger partial charge in [-0.2, -0.15) is 0 Å². The van der Waals surface area contributed by atoms with Gasteiger partial charge in [0.15, 0.2) is 0 Å². The molecule has 0 bridgehead atoms. The van der Waals surface area contributed by atoms with Gasteiger partial charge in [-0.3, -0.25) is 4.79 Å². The van der Waals surface area contributed by atoms with Gasteiger partial charge in [-0.25, -0.2) is 0 Å². The number of ether oxygens (including phenoxy) is 2. The summed E-state index contributed by atoms with van der Waals surface area (Å²) in [5.41, 5.74) is 4.10. The van der Waals surface area contributed by atoms with Crippen LogP contribution in [0.3, 0.4) is 0 Å². The van der Waals surface area contributed by atoms with Gasteiger partial charge in [-0.15, -0.1) is 0 Å². The Morgan fingerprint density at radius 1 is 1.17 bits per heavy atom. The van der Waals surface area contributed by atoms with Crippen LogP contribution in [0.25, 0.3) is 0 Å². The number of carbonyl (C=O) groups excluding carboxylic acids is 1.